The molecule has 2 rings (SSSR count). The van der Waals surface area contributed by atoms with E-state index in [-0.39, 0.29) is 0 Å². The van der Waals surface area contributed by atoms with Crippen molar-refractivity contribution in [2.45, 2.75) is 20.3 Å². The summed E-state index contributed by atoms with van der Waals surface area (Å²) in [5.41, 5.74) is 2.09. The molecule has 1 aromatic carbocycles. The maximum Gasteiger partial charge on any atom is 0.193 e. The average molecular weight is 365 g/mol. The van der Waals surface area contributed by atoms with Gasteiger partial charge in [-0.3, -0.25) is 4.99 Å². The summed E-state index contributed by atoms with van der Waals surface area (Å²) in [6.45, 7) is 5.93. The molecule has 0 saturated carbocycles. The van der Waals surface area contributed by atoms with E-state index in [0.29, 0.717) is 18.2 Å². The monoisotopic (exact) mass is 364 g/mol. The highest BCUT2D eigenvalue weighted by atomic mass is 35.5. The van der Waals surface area contributed by atoms with Gasteiger partial charge in [0.25, 0.3) is 0 Å². The molecule has 0 aliphatic rings. The van der Waals surface area contributed by atoms with Crippen molar-refractivity contribution in [1.29, 1.82) is 0 Å². The van der Waals surface area contributed by atoms with Crippen LogP contribution >= 0.6 is 11.6 Å². The average Bonchev–Trinajstić information content (AvgIpc) is 2.92. The second-order valence-corrected chi connectivity index (χ2v) is 6.19. The molecule has 0 saturated heterocycles. The van der Waals surface area contributed by atoms with E-state index in [0.717, 1.165) is 41.7 Å². The lowest BCUT2D eigenvalue weighted by Crippen LogP contribution is -2.41. The van der Waals surface area contributed by atoms with Gasteiger partial charge in [-0.05, 0) is 44.5 Å². The molecule has 2 aromatic rings. The summed E-state index contributed by atoms with van der Waals surface area (Å²) in [6.07, 6.45) is 0.843. The Hall–Kier alpha value is -2.21. The summed E-state index contributed by atoms with van der Waals surface area (Å²) >= 11 is 5.86. The topological polar surface area (TPSA) is 62.9 Å². The normalized spacial score (nSPS) is 11.5. The molecular formula is C18H25ClN4O2. The van der Waals surface area contributed by atoms with Gasteiger partial charge in [-0.25, -0.2) is 0 Å². The van der Waals surface area contributed by atoms with Gasteiger partial charge in [0.05, 0.1) is 12.2 Å². The minimum absolute atomic E-state index is 0.558. The molecule has 1 N–H and O–H groups in total. The summed E-state index contributed by atoms with van der Waals surface area (Å²) in [4.78, 5) is 6.34. The number of nitrogens with one attached hydrogen (secondary N) is 1. The van der Waals surface area contributed by atoms with Crippen LogP contribution in [0.3, 0.4) is 0 Å². The number of aliphatic imine (C=N–C) groups is 1. The number of aryl methyl sites for hydroxylation is 2. The Morgan fingerprint density at radius 3 is 2.64 bits per heavy atom. The number of ether oxygens (including phenoxy) is 1. The van der Waals surface area contributed by atoms with Crippen LogP contribution in [0.2, 0.25) is 5.02 Å². The van der Waals surface area contributed by atoms with Gasteiger partial charge >= 0.3 is 0 Å². The molecule has 25 heavy (non-hydrogen) atoms. The van der Waals surface area contributed by atoms with Crippen LogP contribution in [-0.2, 0) is 6.42 Å². The van der Waals surface area contributed by atoms with Crippen LogP contribution in [-0.4, -0.2) is 49.8 Å². The second-order valence-electron chi connectivity index (χ2n) is 5.75. The number of benzene rings is 1. The highest BCUT2D eigenvalue weighted by Crippen LogP contribution is 2.15. The molecule has 0 aliphatic heterocycles. The molecule has 1 heterocycles. The zero-order chi connectivity index (χ0) is 18.2. The van der Waals surface area contributed by atoms with E-state index >= 15 is 0 Å². The van der Waals surface area contributed by atoms with Crippen LogP contribution in [0.1, 0.15) is 17.0 Å². The van der Waals surface area contributed by atoms with Gasteiger partial charge in [-0.15, -0.1) is 0 Å². The van der Waals surface area contributed by atoms with Crippen LogP contribution in [0.4, 0.5) is 0 Å². The molecule has 6 nitrogen and oxygen atoms in total. The Kier molecular flexibility index (Phi) is 7.13. The minimum atomic E-state index is 0.558. The molecule has 0 atom stereocenters. The summed E-state index contributed by atoms with van der Waals surface area (Å²) in [7, 11) is 3.76. The van der Waals surface area contributed by atoms with Crippen molar-refractivity contribution in [3.63, 3.8) is 0 Å². The first kappa shape index (κ1) is 19.1. The van der Waals surface area contributed by atoms with Gasteiger partial charge < -0.3 is 19.5 Å². The Labute approximate surface area is 153 Å². The van der Waals surface area contributed by atoms with Crippen molar-refractivity contribution in [2.24, 2.45) is 4.99 Å². The molecule has 0 aliphatic carbocycles. The predicted octanol–water partition coefficient (Wildman–Crippen LogP) is 3.07. The maximum atomic E-state index is 5.86. The van der Waals surface area contributed by atoms with Gasteiger partial charge in [-0.2, -0.15) is 0 Å². The molecule has 0 radical (unpaired) electrons. The third kappa shape index (κ3) is 5.67. The van der Waals surface area contributed by atoms with E-state index in [2.05, 4.69) is 15.5 Å². The lowest BCUT2D eigenvalue weighted by Gasteiger charge is -2.22. The van der Waals surface area contributed by atoms with Crippen LogP contribution in [0.5, 0.6) is 5.75 Å². The minimum Gasteiger partial charge on any atom is -0.492 e. The fraction of sp³-hybridized carbons (Fsp3) is 0.444. The van der Waals surface area contributed by atoms with Crippen LogP contribution in [0.25, 0.3) is 0 Å². The molecule has 1 aromatic heterocycles. The lowest BCUT2D eigenvalue weighted by molar-refractivity contribution is 0.281. The van der Waals surface area contributed by atoms with Gasteiger partial charge in [0, 0.05) is 31.2 Å². The van der Waals surface area contributed by atoms with Crippen molar-refractivity contribution >= 4 is 17.6 Å². The van der Waals surface area contributed by atoms with Crippen LogP contribution in [0.15, 0.2) is 33.8 Å². The van der Waals surface area contributed by atoms with Crippen molar-refractivity contribution in [2.75, 3.05) is 33.8 Å². The molecular weight excluding hydrogens is 340 g/mol. The third-order valence-corrected chi connectivity index (χ3v) is 4.17. The number of halogens is 1. The highest BCUT2D eigenvalue weighted by molar-refractivity contribution is 6.30. The van der Waals surface area contributed by atoms with Crippen LogP contribution < -0.4 is 10.1 Å². The first-order valence-electron chi connectivity index (χ1n) is 8.23. The molecule has 136 valence electrons. The van der Waals surface area contributed by atoms with Gasteiger partial charge in [-0.1, -0.05) is 16.8 Å². The number of hydrogen-bond acceptors (Lipinski definition) is 4. The predicted molar refractivity (Wildman–Crippen MR) is 101 cm³/mol. The number of guanidine groups is 1. The van der Waals surface area contributed by atoms with Crippen molar-refractivity contribution in [3.8, 4) is 5.75 Å². The first-order chi connectivity index (χ1) is 12.0. The van der Waals surface area contributed by atoms with E-state index in [1.165, 1.54) is 0 Å². The number of hydrogen-bond donors (Lipinski definition) is 1. The second kappa shape index (κ2) is 9.32. The molecule has 0 bridgehead atoms. The third-order valence-electron chi connectivity index (χ3n) is 3.92. The number of likely N-dealkylation sites (N-methyl/N-ethyl adjacent to an activating group) is 1. The summed E-state index contributed by atoms with van der Waals surface area (Å²) in [6, 6.07) is 7.35. The summed E-state index contributed by atoms with van der Waals surface area (Å²) < 4.78 is 10.9. The molecule has 0 unspecified atom stereocenters. The van der Waals surface area contributed by atoms with E-state index in [1.54, 1.807) is 7.05 Å². The smallest absolute Gasteiger partial charge is 0.193 e. The summed E-state index contributed by atoms with van der Waals surface area (Å²) in [5.74, 6) is 2.50. The Morgan fingerprint density at radius 2 is 2.04 bits per heavy atom. The number of nitrogens with zero attached hydrogens (tertiary/aromatic N) is 3. The first-order valence-corrected chi connectivity index (χ1v) is 8.61. The largest absolute Gasteiger partial charge is 0.492 e. The van der Waals surface area contributed by atoms with E-state index in [4.69, 9.17) is 20.9 Å². The number of aromatic nitrogens is 1. The Balaban J connectivity index is 1.74. The molecule has 0 spiro atoms. The Morgan fingerprint density at radius 1 is 1.32 bits per heavy atom. The fourth-order valence-electron chi connectivity index (χ4n) is 2.48. The quantitative estimate of drug-likeness (QED) is 0.604. The maximum absolute atomic E-state index is 5.86. The zero-order valence-corrected chi connectivity index (χ0v) is 15.9. The van der Waals surface area contributed by atoms with Crippen molar-refractivity contribution in [3.05, 3.63) is 46.3 Å². The zero-order valence-electron chi connectivity index (χ0n) is 15.2. The van der Waals surface area contributed by atoms with E-state index in [1.807, 2.05) is 50.1 Å². The standard InChI is InChI=1S/C18H25ClN4O2/c1-13-17(14(2)25-22-13)9-10-21-18(20-3)23(4)11-12-24-16-7-5-15(19)6-8-16/h5-8H,9-12H2,1-4H3,(H,20,21). The highest BCUT2D eigenvalue weighted by Gasteiger charge is 2.10. The molecule has 7 heteroatoms. The van der Waals surface area contributed by atoms with Crippen LogP contribution in [0, 0.1) is 13.8 Å². The lowest BCUT2D eigenvalue weighted by atomic mass is 10.1. The molecule has 0 amide bonds. The van der Waals surface area contributed by atoms with Crippen molar-refractivity contribution < 1.29 is 9.26 Å². The molecule has 0 fully saturated rings. The fourth-order valence-corrected chi connectivity index (χ4v) is 2.61. The van der Waals surface area contributed by atoms with E-state index in [9.17, 15) is 0 Å². The van der Waals surface area contributed by atoms with Gasteiger partial charge in [0.2, 0.25) is 0 Å². The Bertz CT molecular complexity index is 678. The van der Waals surface area contributed by atoms with E-state index < -0.39 is 0 Å². The SMILES string of the molecule is CN=C(NCCc1c(C)noc1C)N(C)CCOc1ccc(Cl)cc1. The van der Waals surface area contributed by atoms with Crippen molar-refractivity contribution in [1.82, 2.24) is 15.4 Å². The van der Waals surface area contributed by atoms with Gasteiger partial charge in [0.1, 0.15) is 18.1 Å². The van der Waals surface area contributed by atoms with Gasteiger partial charge in [0.15, 0.2) is 5.96 Å². The summed E-state index contributed by atoms with van der Waals surface area (Å²) in [5, 5.41) is 8.03. The number of rotatable bonds is 7.